The monoisotopic (exact) mass is 372 g/mol. The topological polar surface area (TPSA) is 58.4 Å². The summed E-state index contributed by atoms with van der Waals surface area (Å²) in [6.07, 6.45) is 8.81. The van der Waals surface area contributed by atoms with Crippen molar-refractivity contribution in [2.24, 2.45) is 0 Å². The van der Waals surface area contributed by atoms with Gasteiger partial charge in [-0.2, -0.15) is 0 Å². The summed E-state index contributed by atoms with van der Waals surface area (Å²) in [6, 6.07) is 2.23. The lowest BCUT2D eigenvalue weighted by Gasteiger charge is -2.33. The fourth-order valence-electron chi connectivity index (χ4n) is 4.84. The number of amides is 1. The van der Waals surface area contributed by atoms with Crippen LogP contribution in [0.25, 0.3) is 0 Å². The van der Waals surface area contributed by atoms with Gasteiger partial charge in [0.25, 0.3) is 5.56 Å². The largest absolute Gasteiger partial charge is 0.341 e. The lowest BCUT2D eigenvalue weighted by Crippen LogP contribution is -2.45. The number of carbonyl (C=O) groups is 1. The highest BCUT2D eigenvalue weighted by atomic mass is 16.2. The summed E-state index contributed by atoms with van der Waals surface area (Å²) >= 11 is 0. The molecular weight excluding hydrogens is 340 g/mol. The van der Waals surface area contributed by atoms with Crippen molar-refractivity contribution in [2.75, 3.05) is 26.2 Å². The van der Waals surface area contributed by atoms with Crippen LogP contribution in [0.4, 0.5) is 0 Å². The second-order valence-electron chi connectivity index (χ2n) is 8.54. The zero-order valence-electron chi connectivity index (χ0n) is 16.5. The van der Waals surface area contributed by atoms with Gasteiger partial charge in [-0.3, -0.25) is 19.1 Å². The van der Waals surface area contributed by atoms with Crippen molar-refractivity contribution >= 4 is 5.91 Å². The van der Waals surface area contributed by atoms with Crippen LogP contribution in [0, 0.1) is 0 Å². The first-order chi connectivity index (χ1) is 13.1. The van der Waals surface area contributed by atoms with Gasteiger partial charge in [-0.1, -0.05) is 12.8 Å². The van der Waals surface area contributed by atoms with Gasteiger partial charge in [0.2, 0.25) is 5.91 Å². The Labute approximate surface area is 161 Å². The van der Waals surface area contributed by atoms with E-state index in [1.807, 2.05) is 9.47 Å². The van der Waals surface area contributed by atoms with E-state index < -0.39 is 0 Å². The molecule has 148 valence electrons. The molecule has 1 amide bonds. The molecule has 6 heteroatoms. The van der Waals surface area contributed by atoms with Gasteiger partial charge < -0.3 is 4.90 Å². The molecule has 0 saturated carbocycles. The Morgan fingerprint density at radius 2 is 1.96 bits per heavy atom. The van der Waals surface area contributed by atoms with Gasteiger partial charge in [-0.05, 0) is 45.6 Å². The van der Waals surface area contributed by atoms with Crippen LogP contribution in [-0.4, -0.2) is 57.5 Å². The molecule has 0 N–H and O–H groups in total. The van der Waals surface area contributed by atoms with E-state index in [9.17, 15) is 9.59 Å². The summed E-state index contributed by atoms with van der Waals surface area (Å²) in [7, 11) is 0. The average Bonchev–Trinajstić information content (AvgIpc) is 3.03. The summed E-state index contributed by atoms with van der Waals surface area (Å²) in [5.41, 5.74) is 0.985. The maximum Gasteiger partial charge on any atom is 0.253 e. The molecule has 2 fully saturated rings. The van der Waals surface area contributed by atoms with Gasteiger partial charge in [-0.25, -0.2) is 4.98 Å². The molecule has 4 heterocycles. The van der Waals surface area contributed by atoms with Crippen LogP contribution in [0.1, 0.15) is 69.3 Å². The smallest absolute Gasteiger partial charge is 0.253 e. The van der Waals surface area contributed by atoms with Crippen LogP contribution in [0.15, 0.2) is 10.9 Å². The lowest BCUT2D eigenvalue weighted by molar-refractivity contribution is -0.132. The number of likely N-dealkylation sites (tertiary alicyclic amines) is 2. The summed E-state index contributed by atoms with van der Waals surface area (Å²) < 4.78 is 1.85. The van der Waals surface area contributed by atoms with Gasteiger partial charge >= 0.3 is 0 Å². The van der Waals surface area contributed by atoms with Crippen LogP contribution in [-0.2, 0) is 17.8 Å². The minimum Gasteiger partial charge on any atom is -0.341 e. The third-order valence-corrected chi connectivity index (χ3v) is 6.63. The second-order valence-corrected chi connectivity index (χ2v) is 8.54. The SMILES string of the molecule is CC1CCCCN1CC(=O)N1CCC(c2cc(=O)n3c(n2)CCCCC3)C1. The lowest BCUT2D eigenvalue weighted by atomic mass is 10.0. The van der Waals surface area contributed by atoms with Crippen LogP contribution >= 0.6 is 0 Å². The molecule has 6 nitrogen and oxygen atoms in total. The van der Waals surface area contributed by atoms with Crippen molar-refractivity contribution in [1.82, 2.24) is 19.4 Å². The van der Waals surface area contributed by atoms with Crippen LogP contribution in [0.3, 0.4) is 0 Å². The Hall–Kier alpha value is -1.69. The third kappa shape index (κ3) is 4.10. The summed E-state index contributed by atoms with van der Waals surface area (Å²) in [4.78, 5) is 34.5. The molecule has 1 aromatic heterocycles. The molecule has 2 atom stereocenters. The van der Waals surface area contributed by atoms with E-state index in [4.69, 9.17) is 4.98 Å². The number of hydrogen-bond acceptors (Lipinski definition) is 4. The maximum absolute atomic E-state index is 12.8. The number of nitrogens with zero attached hydrogens (tertiary/aromatic N) is 4. The molecule has 0 aliphatic carbocycles. The molecule has 3 aliphatic heterocycles. The summed E-state index contributed by atoms with van der Waals surface area (Å²) in [6.45, 7) is 6.08. The molecule has 2 unspecified atom stereocenters. The minimum atomic E-state index is 0.0869. The zero-order chi connectivity index (χ0) is 18.8. The van der Waals surface area contributed by atoms with Gasteiger partial charge in [0.05, 0.1) is 12.2 Å². The summed E-state index contributed by atoms with van der Waals surface area (Å²) in [5, 5.41) is 0. The van der Waals surface area contributed by atoms with Crippen molar-refractivity contribution in [1.29, 1.82) is 0 Å². The third-order valence-electron chi connectivity index (χ3n) is 6.63. The first kappa shape index (κ1) is 18.7. The van der Waals surface area contributed by atoms with E-state index in [2.05, 4.69) is 11.8 Å². The first-order valence-electron chi connectivity index (χ1n) is 10.7. The Balaban J connectivity index is 1.42. The molecular formula is C21H32N4O2. The number of fused-ring (bicyclic) bond motifs is 1. The van der Waals surface area contributed by atoms with Crippen LogP contribution in [0.2, 0.25) is 0 Å². The van der Waals surface area contributed by atoms with E-state index in [1.54, 1.807) is 6.07 Å². The molecule has 0 spiro atoms. The van der Waals surface area contributed by atoms with Gasteiger partial charge in [0, 0.05) is 44.1 Å². The van der Waals surface area contributed by atoms with Gasteiger partial charge in [-0.15, -0.1) is 0 Å². The Kier molecular flexibility index (Phi) is 5.62. The normalized spacial score (nSPS) is 26.6. The Bertz CT molecular complexity index is 744. The first-order valence-corrected chi connectivity index (χ1v) is 10.7. The highest BCUT2D eigenvalue weighted by molar-refractivity contribution is 5.78. The van der Waals surface area contributed by atoms with E-state index in [-0.39, 0.29) is 17.4 Å². The number of aryl methyl sites for hydroxylation is 1. The number of piperidine rings is 1. The Morgan fingerprint density at radius 3 is 2.81 bits per heavy atom. The number of hydrogen-bond donors (Lipinski definition) is 0. The predicted octanol–water partition coefficient (Wildman–Crippen LogP) is 2.16. The molecule has 0 aromatic carbocycles. The zero-order valence-corrected chi connectivity index (χ0v) is 16.5. The standard InChI is InChI=1S/C21H32N4O2/c1-16-7-4-6-10-23(16)15-21(27)24-12-9-17(14-24)18-13-20(26)25-11-5-2-3-8-19(25)22-18/h13,16-17H,2-12,14-15H2,1H3. The highest BCUT2D eigenvalue weighted by Crippen LogP contribution is 2.26. The minimum absolute atomic E-state index is 0.0869. The van der Waals surface area contributed by atoms with Crippen molar-refractivity contribution in [3.05, 3.63) is 27.9 Å². The van der Waals surface area contributed by atoms with Crippen LogP contribution in [0.5, 0.6) is 0 Å². The molecule has 0 bridgehead atoms. The van der Waals surface area contributed by atoms with Crippen molar-refractivity contribution in [3.8, 4) is 0 Å². The van der Waals surface area contributed by atoms with Crippen molar-refractivity contribution in [2.45, 2.75) is 76.8 Å². The highest BCUT2D eigenvalue weighted by Gasteiger charge is 2.31. The van der Waals surface area contributed by atoms with Crippen molar-refractivity contribution in [3.63, 3.8) is 0 Å². The molecule has 27 heavy (non-hydrogen) atoms. The summed E-state index contributed by atoms with van der Waals surface area (Å²) in [5.74, 6) is 1.38. The molecule has 1 aromatic rings. The van der Waals surface area contributed by atoms with E-state index in [0.717, 1.165) is 56.8 Å². The second kappa shape index (κ2) is 8.13. The quantitative estimate of drug-likeness (QED) is 0.816. The predicted molar refractivity (Wildman–Crippen MR) is 105 cm³/mol. The maximum atomic E-state index is 12.8. The molecule has 0 radical (unpaired) electrons. The molecule has 4 rings (SSSR count). The van der Waals surface area contributed by atoms with Gasteiger partial charge in [0.15, 0.2) is 0 Å². The van der Waals surface area contributed by atoms with E-state index in [0.29, 0.717) is 19.1 Å². The number of aromatic nitrogens is 2. The van der Waals surface area contributed by atoms with Crippen molar-refractivity contribution < 1.29 is 4.79 Å². The molecule has 3 aliphatic rings. The fourth-order valence-corrected chi connectivity index (χ4v) is 4.84. The number of rotatable bonds is 3. The van der Waals surface area contributed by atoms with E-state index >= 15 is 0 Å². The van der Waals surface area contributed by atoms with Crippen LogP contribution < -0.4 is 5.56 Å². The molecule has 2 saturated heterocycles. The Morgan fingerprint density at radius 1 is 1.11 bits per heavy atom. The van der Waals surface area contributed by atoms with E-state index in [1.165, 1.54) is 25.7 Å². The fraction of sp³-hybridized carbons (Fsp3) is 0.762. The average molecular weight is 373 g/mol. The van der Waals surface area contributed by atoms with Gasteiger partial charge in [0.1, 0.15) is 5.82 Å². The number of carbonyl (C=O) groups excluding carboxylic acids is 1.